The van der Waals surface area contributed by atoms with Crippen molar-refractivity contribution in [3.63, 3.8) is 0 Å². The topological polar surface area (TPSA) is 95.2 Å². The number of pyridine rings is 1. The summed E-state index contributed by atoms with van der Waals surface area (Å²) >= 11 is 0. The Morgan fingerprint density at radius 3 is 2.83 bits per heavy atom. The predicted octanol–water partition coefficient (Wildman–Crippen LogP) is 1.96. The zero-order valence-corrected chi connectivity index (χ0v) is 13.4. The van der Waals surface area contributed by atoms with Gasteiger partial charge in [-0.05, 0) is 44.2 Å². The van der Waals surface area contributed by atoms with Crippen LogP contribution in [0.2, 0.25) is 0 Å². The van der Waals surface area contributed by atoms with Gasteiger partial charge in [-0.25, -0.2) is 0 Å². The molecule has 1 aliphatic heterocycles. The first-order valence-electron chi connectivity index (χ1n) is 7.55. The fourth-order valence-corrected chi connectivity index (χ4v) is 2.74. The SMILES string of the molecule is CC1(C)Oc2ccc(C#N)cc2[C@@H](NC(=O)c2ccccn2)[C@@H]1O. The van der Waals surface area contributed by atoms with E-state index in [9.17, 15) is 9.90 Å². The monoisotopic (exact) mass is 323 g/mol. The Kier molecular flexibility index (Phi) is 3.96. The second-order valence-corrected chi connectivity index (χ2v) is 6.18. The van der Waals surface area contributed by atoms with Gasteiger partial charge in [0.2, 0.25) is 0 Å². The Balaban J connectivity index is 1.99. The molecule has 0 unspecified atom stereocenters. The molecule has 1 aliphatic rings. The first-order valence-corrected chi connectivity index (χ1v) is 7.55. The van der Waals surface area contributed by atoms with E-state index in [-0.39, 0.29) is 5.69 Å². The second kappa shape index (κ2) is 5.95. The number of carbonyl (C=O) groups is 1. The number of nitrogens with zero attached hydrogens (tertiary/aromatic N) is 2. The number of benzene rings is 1. The summed E-state index contributed by atoms with van der Waals surface area (Å²) < 4.78 is 5.82. The Bertz CT molecular complexity index is 812. The fourth-order valence-electron chi connectivity index (χ4n) is 2.74. The minimum absolute atomic E-state index is 0.256. The highest BCUT2D eigenvalue weighted by molar-refractivity contribution is 5.92. The lowest BCUT2D eigenvalue weighted by Gasteiger charge is -2.42. The maximum atomic E-state index is 12.4. The van der Waals surface area contributed by atoms with Crippen LogP contribution in [0.5, 0.6) is 5.75 Å². The van der Waals surface area contributed by atoms with Gasteiger partial charge < -0.3 is 15.2 Å². The first-order chi connectivity index (χ1) is 11.4. The van der Waals surface area contributed by atoms with Crippen molar-refractivity contribution in [2.75, 3.05) is 0 Å². The van der Waals surface area contributed by atoms with E-state index in [2.05, 4.69) is 16.4 Å². The van der Waals surface area contributed by atoms with Crippen LogP contribution in [0, 0.1) is 11.3 Å². The van der Waals surface area contributed by atoms with E-state index >= 15 is 0 Å². The Morgan fingerprint density at radius 1 is 1.38 bits per heavy atom. The number of amides is 1. The highest BCUT2D eigenvalue weighted by Crippen LogP contribution is 2.40. The van der Waals surface area contributed by atoms with Gasteiger partial charge in [-0.1, -0.05) is 6.07 Å². The highest BCUT2D eigenvalue weighted by Gasteiger charge is 2.43. The molecule has 0 aliphatic carbocycles. The lowest BCUT2D eigenvalue weighted by molar-refractivity contribution is -0.0628. The summed E-state index contributed by atoms with van der Waals surface area (Å²) in [6, 6.07) is 11.3. The number of aliphatic hydroxyl groups excluding tert-OH is 1. The smallest absolute Gasteiger partial charge is 0.270 e. The molecule has 2 N–H and O–H groups in total. The number of rotatable bonds is 2. The molecule has 1 aromatic heterocycles. The molecule has 0 saturated heterocycles. The van der Waals surface area contributed by atoms with Gasteiger partial charge in [-0.15, -0.1) is 0 Å². The predicted molar refractivity (Wildman–Crippen MR) is 86.3 cm³/mol. The van der Waals surface area contributed by atoms with Gasteiger partial charge in [-0.3, -0.25) is 9.78 Å². The van der Waals surface area contributed by atoms with Gasteiger partial charge in [0.25, 0.3) is 5.91 Å². The third-order valence-corrected chi connectivity index (χ3v) is 4.06. The molecule has 2 aromatic rings. The Hall–Kier alpha value is -2.91. The number of nitriles is 1. The van der Waals surface area contributed by atoms with Gasteiger partial charge >= 0.3 is 0 Å². The third-order valence-electron chi connectivity index (χ3n) is 4.06. The van der Waals surface area contributed by atoms with E-state index in [1.807, 2.05) is 0 Å². The van der Waals surface area contributed by atoms with Crippen molar-refractivity contribution in [3.8, 4) is 11.8 Å². The summed E-state index contributed by atoms with van der Waals surface area (Å²) in [6.07, 6.45) is 0.549. The molecular weight excluding hydrogens is 306 g/mol. The molecule has 6 nitrogen and oxygen atoms in total. The zero-order valence-electron chi connectivity index (χ0n) is 13.4. The summed E-state index contributed by atoms with van der Waals surface area (Å²) in [7, 11) is 0. The van der Waals surface area contributed by atoms with Crippen molar-refractivity contribution < 1.29 is 14.6 Å². The van der Waals surface area contributed by atoms with Gasteiger partial charge in [0.1, 0.15) is 23.1 Å². The molecule has 0 saturated carbocycles. The minimum Gasteiger partial charge on any atom is -0.485 e. The molecule has 2 atom stereocenters. The van der Waals surface area contributed by atoms with Crippen molar-refractivity contribution in [2.24, 2.45) is 0 Å². The van der Waals surface area contributed by atoms with Crippen LogP contribution in [0.15, 0.2) is 42.6 Å². The molecule has 3 rings (SSSR count). The van der Waals surface area contributed by atoms with Crippen LogP contribution in [0.4, 0.5) is 0 Å². The fraction of sp³-hybridized carbons (Fsp3) is 0.278. The molecule has 0 radical (unpaired) electrons. The van der Waals surface area contributed by atoms with Gasteiger partial charge in [-0.2, -0.15) is 5.26 Å². The number of hydrogen-bond acceptors (Lipinski definition) is 5. The van der Waals surface area contributed by atoms with E-state index in [1.54, 1.807) is 50.2 Å². The Labute approximate surface area is 139 Å². The number of nitrogens with one attached hydrogen (secondary N) is 1. The number of hydrogen-bond donors (Lipinski definition) is 2. The summed E-state index contributed by atoms with van der Waals surface area (Å²) in [5.74, 6) is 0.140. The van der Waals surface area contributed by atoms with Crippen LogP contribution in [-0.2, 0) is 0 Å². The van der Waals surface area contributed by atoms with Crippen LogP contribution < -0.4 is 10.1 Å². The number of aliphatic hydroxyl groups is 1. The third kappa shape index (κ3) is 2.82. The lowest BCUT2D eigenvalue weighted by atomic mass is 9.86. The summed E-state index contributed by atoms with van der Waals surface area (Å²) in [5, 5.41) is 22.6. The number of carbonyl (C=O) groups excluding carboxylic acids is 1. The first kappa shape index (κ1) is 16.0. The van der Waals surface area contributed by atoms with Crippen LogP contribution in [0.1, 0.15) is 41.5 Å². The number of fused-ring (bicyclic) bond motifs is 1. The summed E-state index contributed by atoms with van der Waals surface area (Å²) in [5.41, 5.74) is 0.377. The van der Waals surface area contributed by atoms with E-state index in [0.717, 1.165) is 0 Å². The van der Waals surface area contributed by atoms with Gasteiger partial charge in [0, 0.05) is 11.8 Å². The van der Waals surface area contributed by atoms with Gasteiger partial charge in [0.05, 0.1) is 17.7 Å². The minimum atomic E-state index is -0.980. The van der Waals surface area contributed by atoms with Crippen molar-refractivity contribution in [1.29, 1.82) is 5.26 Å². The van der Waals surface area contributed by atoms with Crippen LogP contribution in [0.3, 0.4) is 0 Å². The van der Waals surface area contributed by atoms with Crippen LogP contribution >= 0.6 is 0 Å². The van der Waals surface area contributed by atoms with Crippen LogP contribution in [-0.4, -0.2) is 27.7 Å². The lowest BCUT2D eigenvalue weighted by Crippen LogP contribution is -2.53. The molecule has 0 spiro atoms. The maximum absolute atomic E-state index is 12.4. The zero-order chi connectivity index (χ0) is 17.3. The molecule has 24 heavy (non-hydrogen) atoms. The van der Waals surface area contributed by atoms with E-state index in [4.69, 9.17) is 10.00 Å². The molecule has 2 heterocycles. The number of ether oxygens (including phenoxy) is 1. The van der Waals surface area contributed by atoms with Crippen molar-refractivity contribution in [1.82, 2.24) is 10.3 Å². The average molecular weight is 323 g/mol. The second-order valence-electron chi connectivity index (χ2n) is 6.18. The van der Waals surface area contributed by atoms with Crippen molar-refractivity contribution >= 4 is 5.91 Å². The van der Waals surface area contributed by atoms with E-state index in [1.165, 1.54) is 6.20 Å². The largest absolute Gasteiger partial charge is 0.485 e. The van der Waals surface area contributed by atoms with Crippen LogP contribution in [0.25, 0.3) is 0 Å². The molecule has 6 heteroatoms. The molecule has 0 fully saturated rings. The quantitative estimate of drug-likeness (QED) is 0.881. The normalized spacial score (nSPS) is 21.1. The highest BCUT2D eigenvalue weighted by atomic mass is 16.5. The molecule has 1 amide bonds. The summed E-state index contributed by atoms with van der Waals surface area (Å²) in [6.45, 7) is 3.50. The van der Waals surface area contributed by atoms with E-state index in [0.29, 0.717) is 16.9 Å². The molecule has 1 aromatic carbocycles. The average Bonchev–Trinajstić information content (AvgIpc) is 2.59. The maximum Gasteiger partial charge on any atom is 0.270 e. The van der Waals surface area contributed by atoms with Crippen molar-refractivity contribution in [3.05, 3.63) is 59.4 Å². The Morgan fingerprint density at radius 2 is 2.17 bits per heavy atom. The number of aromatic nitrogens is 1. The molecule has 122 valence electrons. The summed E-state index contributed by atoms with van der Waals surface area (Å²) in [4.78, 5) is 16.5. The molecular formula is C18H17N3O3. The van der Waals surface area contributed by atoms with Gasteiger partial charge in [0.15, 0.2) is 0 Å². The standard InChI is InChI=1S/C18H17N3O3/c1-18(2)16(22)15(21-17(23)13-5-3-4-8-20-13)12-9-11(10-19)6-7-14(12)24-18/h3-9,15-16,22H,1-2H3,(H,21,23)/t15-,16+/m1/s1. The molecule has 0 bridgehead atoms. The van der Waals surface area contributed by atoms with E-state index < -0.39 is 23.7 Å². The van der Waals surface area contributed by atoms with Crippen molar-refractivity contribution in [2.45, 2.75) is 31.6 Å².